The largest absolute Gasteiger partial charge is 0.444 e. The molecule has 1 aliphatic carbocycles. The first kappa shape index (κ1) is 18.0. The molecule has 1 heterocycles. The Morgan fingerprint density at radius 1 is 1.32 bits per heavy atom. The summed E-state index contributed by atoms with van der Waals surface area (Å²) in [6, 6.07) is 10.6. The molecule has 1 saturated carbocycles. The molecule has 3 atom stereocenters. The molecule has 4 heteroatoms. The highest BCUT2D eigenvalue weighted by atomic mass is 16.6. The number of aliphatic imine (C=N–C) groups is 1. The molecule has 0 aromatic heterocycles. The first-order valence-electron chi connectivity index (χ1n) is 9.31. The topological polar surface area (TPSA) is 41.9 Å². The summed E-state index contributed by atoms with van der Waals surface area (Å²) in [6.45, 7) is 11.6. The van der Waals surface area contributed by atoms with Crippen LogP contribution in [0.1, 0.15) is 59.1 Å². The van der Waals surface area contributed by atoms with Crippen LogP contribution in [0.15, 0.2) is 35.3 Å². The second-order valence-electron chi connectivity index (χ2n) is 8.58. The van der Waals surface area contributed by atoms with Crippen molar-refractivity contribution in [1.82, 2.24) is 4.90 Å². The van der Waals surface area contributed by atoms with Gasteiger partial charge in [0.1, 0.15) is 5.60 Å². The molecule has 3 rings (SSSR count). The van der Waals surface area contributed by atoms with E-state index in [0.717, 1.165) is 19.4 Å². The summed E-state index contributed by atoms with van der Waals surface area (Å²) in [6.07, 6.45) is 1.77. The Labute approximate surface area is 151 Å². The van der Waals surface area contributed by atoms with E-state index in [-0.39, 0.29) is 17.6 Å². The maximum absolute atomic E-state index is 12.5. The Kier molecular flexibility index (Phi) is 4.65. The van der Waals surface area contributed by atoms with E-state index in [0.29, 0.717) is 12.5 Å². The van der Waals surface area contributed by atoms with Gasteiger partial charge in [0.25, 0.3) is 0 Å². The maximum atomic E-state index is 12.5. The Balaban J connectivity index is 1.74. The van der Waals surface area contributed by atoms with E-state index in [1.165, 1.54) is 11.3 Å². The molecule has 1 aromatic carbocycles. The van der Waals surface area contributed by atoms with Crippen molar-refractivity contribution in [1.29, 1.82) is 0 Å². The summed E-state index contributed by atoms with van der Waals surface area (Å²) in [5, 5.41) is 0. The molecule has 4 nitrogen and oxygen atoms in total. The molecular weight excluding hydrogens is 312 g/mol. The van der Waals surface area contributed by atoms with E-state index >= 15 is 0 Å². The number of amides is 1. The van der Waals surface area contributed by atoms with Gasteiger partial charge in [0.2, 0.25) is 0 Å². The van der Waals surface area contributed by atoms with Gasteiger partial charge < -0.3 is 9.64 Å². The van der Waals surface area contributed by atoms with Gasteiger partial charge in [-0.05, 0) is 45.6 Å². The second kappa shape index (κ2) is 6.47. The Morgan fingerprint density at radius 3 is 2.52 bits per heavy atom. The summed E-state index contributed by atoms with van der Waals surface area (Å²) in [7, 11) is 0. The minimum absolute atomic E-state index is 0.0677. The fraction of sp³-hybridized carbons (Fsp3) is 0.619. The van der Waals surface area contributed by atoms with Gasteiger partial charge in [0.05, 0.1) is 6.04 Å². The third-order valence-corrected chi connectivity index (χ3v) is 5.40. The lowest BCUT2D eigenvalue weighted by atomic mass is 9.89. The Bertz CT molecular complexity index is 662. The van der Waals surface area contributed by atoms with Crippen molar-refractivity contribution in [2.45, 2.75) is 59.1 Å². The van der Waals surface area contributed by atoms with Crippen molar-refractivity contribution in [3.05, 3.63) is 35.9 Å². The van der Waals surface area contributed by atoms with Gasteiger partial charge in [0.15, 0.2) is 0 Å². The van der Waals surface area contributed by atoms with Gasteiger partial charge >= 0.3 is 6.09 Å². The van der Waals surface area contributed by atoms with Crippen molar-refractivity contribution < 1.29 is 9.53 Å². The number of carbonyl (C=O) groups excluding carboxylic acids is 1. The Hall–Kier alpha value is -1.84. The highest BCUT2D eigenvalue weighted by Crippen LogP contribution is 2.56. The number of piperidine rings is 1. The van der Waals surface area contributed by atoms with E-state index in [1.54, 1.807) is 0 Å². The lowest BCUT2D eigenvalue weighted by molar-refractivity contribution is 0.0212. The number of carbonyl (C=O) groups is 1. The molecule has 0 radical (unpaired) electrons. The zero-order valence-electron chi connectivity index (χ0n) is 16.1. The van der Waals surface area contributed by atoms with Crippen LogP contribution in [-0.2, 0) is 4.74 Å². The van der Waals surface area contributed by atoms with Crippen molar-refractivity contribution in [2.24, 2.45) is 16.3 Å². The molecule has 1 saturated heterocycles. The zero-order chi connectivity index (χ0) is 18.2. The van der Waals surface area contributed by atoms with Gasteiger partial charge in [-0.15, -0.1) is 0 Å². The third kappa shape index (κ3) is 3.88. The first-order chi connectivity index (χ1) is 11.7. The van der Waals surface area contributed by atoms with Crippen LogP contribution in [0.3, 0.4) is 0 Å². The summed E-state index contributed by atoms with van der Waals surface area (Å²) >= 11 is 0. The number of likely N-dealkylation sites (tertiary alicyclic amines) is 1. The minimum Gasteiger partial charge on any atom is -0.444 e. The quantitative estimate of drug-likeness (QED) is 0.770. The number of ether oxygens (including phenoxy) is 1. The van der Waals surface area contributed by atoms with Gasteiger partial charge in [-0.2, -0.15) is 0 Å². The molecule has 2 fully saturated rings. The first-order valence-corrected chi connectivity index (χ1v) is 9.31. The van der Waals surface area contributed by atoms with E-state index in [9.17, 15) is 4.79 Å². The van der Waals surface area contributed by atoms with Gasteiger partial charge in [-0.3, -0.25) is 4.99 Å². The molecule has 0 bridgehead atoms. The van der Waals surface area contributed by atoms with Crippen LogP contribution in [0.5, 0.6) is 0 Å². The number of benzene rings is 1. The number of rotatable bonds is 2. The van der Waals surface area contributed by atoms with Crippen LogP contribution in [-0.4, -0.2) is 35.4 Å². The lowest BCUT2D eigenvalue weighted by Gasteiger charge is -2.36. The average Bonchev–Trinajstić information content (AvgIpc) is 3.18. The summed E-state index contributed by atoms with van der Waals surface area (Å²) < 4.78 is 5.57. The Morgan fingerprint density at radius 2 is 1.96 bits per heavy atom. The third-order valence-electron chi connectivity index (χ3n) is 5.40. The number of nitrogens with zero attached hydrogens (tertiary/aromatic N) is 2. The average molecular weight is 342 g/mol. The van der Waals surface area contributed by atoms with Crippen LogP contribution in [0.25, 0.3) is 0 Å². The van der Waals surface area contributed by atoms with E-state index in [1.807, 2.05) is 31.7 Å². The van der Waals surface area contributed by atoms with Gasteiger partial charge in [0, 0.05) is 30.6 Å². The molecular formula is C21H30N2O2. The fourth-order valence-corrected chi connectivity index (χ4v) is 3.83. The summed E-state index contributed by atoms with van der Waals surface area (Å²) in [5.74, 6) is 0.583. The summed E-state index contributed by atoms with van der Waals surface area (Å²) in [4.78, 5) is 19.4. The van der Waals surface area contributed by atoms with Crippen LogP contribution in [0.4, 0.5) is 4.79 Å². The lowest BCUT2D eigenvalue weighted by Crippen LogP contribution is -2.47. The molecule has 1 spiro atoms. The normalized spacial score (nSPS) is 28.9. The van der Waals surface area contributed by atoms with Crippen molar-refractivity contribution in [3.63, 3.8) is 0 Å². The highest BCUT2D eigenvalue weighted by molar-refractivity contribution is 5.95. The van der Waals surface area contributed by atoms with Crippen LogP contribution >= 0.6 is 0 Å². The predicted octanol–water partition coefficient (Wildman–Crippen LogP) is 4.86. The van der Waals surface area contributed by atoms with Gasteiger partial charge in [-0.25, -0.2) is 4.79 Å². The number of hydrogen-bond acceptors (Lipinski definition) is 3. The van der Waals surface area contributed by atoms with Crippen molar-refractivity contribution in [2.75, 3.05) is 13.1 Å². The van der Waals surface area contributed by atoms with Crippen molar-refractivity contribution in [3.8, 4) is 0 Å². The smallest absolute Gasteiger partial charge is 0.410 e. The van der Waals surface area contributed by atoms with Crippen LogP contribution in [0, 0.1) is 11.3 Å². The second-order valence-corrected chi connectivity index (χ2v) is 8.58. The molecule has 0 N–H and O–H groups in total. The standard InChI is InChI=1S/C21H30N2O2/c1-15-13-21(15)14-23(19(24)25-20(3,4)5)12-11-18(21)22-16(2)17-9-7-6-8-10-17/h6-10,15-16H,11-14H2,1-5H3/b22-18+/t15?,16-,21?/m0/s1. The minimum atomic E-state index is -0.449. The molecule has 2 unspecified atom stereocenters. The van der Waals surface area contributed by atoms with E-state index < -0.39 is 5.60 Å². The van der Waals surface area contributed by atoms with Crippen LogP contribution in [0.2, 0.25) is 0 Å². The van der Waals surface area contributed by atoms with Crippen molar-refractivity contribution >= 4 is 11.8 Å². The monoisotopic (exact) mass is 342 g/mol. The maximum Gasteiger partial charge on any atom is 0.410 e. The zero-order valence-corrected chi connectivity index (χ0v) is 16.1. The molecule has 136 valence electrons. The fourth-order valence-electron chi connectivity index (χ4n) is 3.83. The number of hydrogen-bond donors (Lipinski definition) is 0. The predicted molar refractivity (Wildman–Crippen MR) is 101 cm³/mol. The molecule has 25 heavy (non-hydrogen) atoms. The molecule has 1 aliphatic heterocycles. The van der Waals surface area contributed by atoms with E-state index in [4.69, 9.17) is 9.73 Å². The van der Waals surface area contributed by atoms with E-state index in [2.05, 4.69) is 38.1 Å². The van der Waals surface area contributed by atoms with Gasteiger partial charge in [-0.1, -0.05) is 37.3 Å². The molecule has 1 aromatic rings. The summed E-state index contributed by atoms with van der Waals surface area (Å²) in [5.41, 5.74) is 2.15. The molecule has 1 amide bonds. The molecule has 2 aliphatic rings. The van der Waals surface area contributed by atoms with Crippen LogP contribution < -0.4 is 0 Å². The highest BCUT2D eigenvalue weighted by Gasteiger charge is 2.58. The SMILES string of the molecule is CC1CC12CN(C(=O)OC(C)(C)C)CC/C2=N\[C@@H](C)c1ccccc1.